The quantitative estimate of drug-likeness (QED) is 0.511. The van der Waals surface area contributed by atoms with E-state index < -0.39 is 0 Å². The number of carbonyl (C=O) groups is 1. The van der Waals surface area contributed by atoms with Gasteiger partial charge in [-0.15, -0.1) is 0 Å². The molecule has 9 heavy (non-hydrogen) atoms. The molecule has 2 aliphatic rings. The second-order valence-electron chi connectivity index (χ2n) is 3.03. The molecule has 1 aliphatic heterocycles. The van der Waals surface area contributed by atoms with Gasteiger partial charge in [0, 0.05) is 26.4 Å². The maximum Gasteiger partial charge on any atom is 0.141 e. The van der Waals surface area contributed by atoms with Crippen molar-refractivity contribution in [2.45, 2.75) is 12.8 Å². The number of hydrogen-bond donors (Lipinski definition) is 1. The number of rotatable bonds is 0. The lowest BCUT2D eigenvalue weighted by Crippen LogP contribution is -2.38. The summed E-state index contributed by atoms with van der Waals surface area (Å²) < 4.78 is 0. The van der Waals surface area contributed by atoms with E-state index in [0.717, 1.165) is 25.9 Å². The van der Waals surface area contributed by atoms with Crippen molar-refractivity contribution in [1.29, 1.82) is 0 Å². The fourth-order valence-electron chi connectivity index (χ4n) is 1.86. The third-order valence-electron chi connectivity index (χ3n) is 2.45. The number of hydrogen-bond acceptors (Lipinski definition) is 2. The summed E-state index contributed by atoms with van der Waals surface area (Å²) in [6.07, 6.45) is 2.27. The van der Waals surface area contributed by atoms with E-state index in [4.69, 9.17) is 0 Å². The zero-order valence-corrected chi connectivity index (χ0v) is 5.39. The van der Waals surface area contributed by atoms with Gasteiger partial charge >= 0.3 is 0 Å². The van der Waals surface area contributed by atoms with Gasteiger partial charge in [0.2, 0.25) is 0 Å². The summed E-state index contributed by atoms with van der Waals surface area (Å²) in [5.74, 6) is 1.28. The molecule has 2 unspecified atom stereocenters. The SMILES string of the molecule is O=C1C2CCC1CNC2.[HH]. The lowest BCUT2D eigenvalue weighted by Gasteiger charge is -2.17. The van der Waals surface area contributed by atoms with Crippen LogP contribution in [-0.2, 0) is 4.79 Å². The Morgan fingerprint density at radius 2 is 1.89 bits per heavy atom. The second-order valence-corrected chi connectivity index (χ2v) is 3.03. The Hall–Kier alpha value is -0.370. The largest absolute Gasteiger partial charge is 0.315 e. The Kier molecular flexibility index (Phi) is 1.09. The van der Waals surface area contributed by atoms with Gasteiger partial charge in [-0.25, -0.2) is 0 Å². The molecule has 2 rings (SSSR count). The average Bonchev–Trinajstić information content (AvgIpc) is 2.19. The van der Waals surface area contributed by atoms with Crippen molar-refractivity contribution in [2.24, 2.45) is 11.8 Å². The molecule has 1 saturated carbocycles. The molecule has 0 aromatic heterocycles. The molecular formula is C7H13NO. The van der Waals surface area contributed by atoms with E-state index in [1.165, 1.54) is 0 Å². The predicted octanol–water partition coefficient (Wildman–Crippen LogP) is 0.431. The van der Waals surface area contributed by atoms with Crippen molar-refractivity contribution in [3.05, 3.63) is 0 Å². The van der Waals surface area contributed by atoms with Crippen LogP contribution in [0.25, 0.3) is 0 Å². The lowest BCUT2D eigenvalue weighted by molar-refractivity contribution is -0.124. The zero-order valence-electron chi connectivity index (χ0n) is 5.39. The third kappa shape index (κ3) is 0.697. The Labute approximate surface area is 56.1 Å². The first-order valence-corrected chi connectivity index (χ1v) is 3.62. The number of nitrogens with one attached hydrogen (secondary N) is 1. The van der Waals surface area contributed by atoms with Crippen LogP contribution in [0.1, 0.15) is 14.3 Å². The number of piperidine rings is 1. The summed E-state index contributed by atoms with van der Waals surface area (Å²) in [6, 6.07) is 0. The van der Waals surface area contributed by atoms with Gasteiger partial charge in [-0.1, -0.05) is 0 Å². The van der Waals surface area contributed by atoms with Crippen molar-refractivity contribution < 1.29 is 6.22 Å². The van der Waals surface area contributed by atoms with Gasteiger partial charge in [-0.3, -0.25) is 4.79 Å². The topological polar surface area (TPSA) is 29.1 Å². The first-order chi connectivity index (χ1) is 4.38. The van der Waals surface area contributed by atoms with E-state index in [2.05, 4.69) is 5.32 Å². The van der Waals surface area contributed by atoms with Crippen LogP contribution in [0.5, 0.6) is 0 Å². The summed E-state index contributed by atoms with van der Waals surface area (Å²) in [4.78, 5) is 11.1. The Balaban J connectivity index is 0.000000500. The minimum atomic E-state index is 0. The highest BCUT2D eigenvalue weighted by molar-refractivity contribution is 5.86. The first kappa shape index (κ1) is 5.42. The van der Waals surface area contributed by atoms with Crippen LogP contribution >= 0.6 is 0 Å². The molecule has 0 radical (unpaired) electrons. The third-order valence-corrected chi connectivity index (χ3v) is 2.45. The van der Waals surface area contributed by atoms with Crippen molar-refractivity contribution in [3.63, 3.8) is 0 Å². The second kappa shape index (κ2) is 1.81. The summed E-state index contributed by atoms with van der Waals surface area (Å²) in [5, 5.41) is 3.26. The maximum absolute atomic E-state index is 11.1. The summed E-state index contributed by atoms with van der Waals surface area (Å²) in [5.41, 5.74) is 0. The van der Waals surface area contributed by atoms with E-state index in [1.54, 1.807) is 0 Å². The van der Waals surface area contributed by atoms with Gasteiger partial charge in [-0.2, -0.15) is 0 Å². The van der Waals surface area contributed by atoms with E-state index in [0.29, 0.717) is 17.6 Å². The van der Waals surface area contributed by atoms with Crippen LogP contribution in [0.15, 0.2) is 0 Å². The molecule has 0 spiro atoms. The number of Topliss-reactive ketones (excluding diaryl/α,β-unsaturated/α-hetero) is 1. The normalized spacial score (nSPS) is 41.6. The minimum absolute atomic E-state index is 0. The van der Waals surface area contributed by atoms with Gasteiger partial charge in [0.25, 0.3) is 0 Å². The molecule has 1 saturated heterocycles. The monoisotopic (exact) mass is 127 g/mol. The van der Waals surface area contributed by atoms with Gasteiger partial charge in [0.1, 0.15) is 5.78 Å². The van der Waals surface area contributed by atoms with E-state index in [9.17, 15) is 4.79 Å². The van der Waals surface area contributed by atoms with Crippen LogP contribution in [0.2, 0.25) is 0 Å². The molecule has 1 N–H and O–H groups in total. The summed E-state index contributed by atoms with van der Waals surface area (Å²) in [6.45, 7) is 1.88. The van der Waals surface area contributed by atoms with Crippen LogP contribution in [0.3, 0.4) is 0 Å². The number of fused-ring (bicyclic) bond motifs is 2. The highest BCUT2D eigenvalue weighted by Crippen LogP contribution is 2.29. The minimum Gasteiger partial charge on any atom is -0.315 e. The summed E-state index contributed by atoms with van der Waals surface area (Å²) in [7, 11) is 0. The Bertz CT molecular complexity index is 131. The van der Waals surface area contributed by atoms with Gasteiger partial charge in [0.05, 0.1) is 0 Å². The van der Waals surface area contributed by atoms with Crippen molar-refractivity contribution in [3.8, 4) is 0 Å². The molecule has 52 valence electrons. The van der Waals surface area contributed by atoms with Crippen molar-refractivity contribution in [1.82, 2.24) is 5.32 Å². The Morgan fingerprint density at radius 1 is 1.33 bits per heavy atom. The van der Waals surface area contributed by atoms with E-state index >= 15 is 0 Å². The smallest absolute Gasteiger partial charge is 0.141 e. The maximum atomic E-state index is 11.1. The fourth-order valence-corrected chi connectivity index (χ4v) is 1.86. The molecule has 2 bridgehead atoms. The molecule has 2 atom stereocenters. The van der Waals surface area contributed by atoms with E-state index in [-0.39, 0.29) is 1.43 Å². The zero-order chi connectivity index (χ0) is 6.27. The molecular weight excluding hydrogens is 114 g/mol. The molecule has 2 fully saturated rings. The molecule has 2 nitrogen and oxygen atoms in total. The van der Waals surface area contributed by atoms with Gasteiger partial charge < -0.3 is 5.32 Å². The van der Waals surface area contributed by atoms with Crippen molar-refractivity contribution in [2.75, 3.05) is 13.1 Å². The van der Waals surface area contributed by atoms with Gasteiger partial charge in [-0.05, 0) is 12.8 Å². The average molecular weight is 127 g/mol. The molecule has 0 aromatic carbocycles. The van der Waals surface area contributed by atoms with Crippen LogP contribution < -0.4 is 5.32 Å². The van der Waals surface area contributed by atoms with Crippen LogP contribution in [-0.4, -0.2) is 18.9 Å². The first-order valence-electron chi connectivity index (χ1n) is 3.62. The number of ketones is 1. The molecule has 1 aliphatic carbocycles. The lowest BCUT2D eigenvalue weighted by atomic mass is 9.99. The van der Waals surface area contributed by atoms with Crippen LogP contribution in [0.4, 0.5) is 0 Å². The van der Waals surface area contributed by atoms with Gasteiger partial charge in [0.15, 0.2) is 0 Å². The molecule has 0 aromatic rings. The highest BCUT2D eigenvalue weighted by atomic mass is 16.1. The molecule has 0 amide bonds. The summed E-state index contributed by atoms with van der Waals surface area (Å²) >= 11 is 0. The molecule has 1 heterocycles. The molecule has 2 heteroatoms. The van der Waals surface area contributed by atoms with Crippen LogP contribution in [0, 0.1) is 11.8 Å². The highest BCUT2D eigenvalue weighted by Gasteiger charge is 2.36. The van der Waals surface area contributed by atoms with Crippen molar-refractivity contribution >= 4 is 5.78 Å². The standard InChI is InChI=1S/C7H11NO.H2/c9-7-5-1-2-6(7)4-8-3-5;/h5-6,8H,1-4H2;1H. The van der Waals surface area contributed by atoms with E-state index in [1.807, 2.05) is 0 Å². The Morgan fingerprint density at radius 3 is 2.33 bits per heavy atom. The fraction of sp³-hybridized carbons (Fsp3) is 0.857. The number of carbonyl (C=O) groups excluding carboxylic acids is 1. The predicted molar refractivity (Wildman–Crippen MR) is 36.2 cm³/mol.